The van der Waals surface area contributed by atoms with Crippen molar-refractivity contribution >= 4 is 33.6 Å². The third-order valence-corrected chi connectivity index (χ3v) is 4.23. The number of nitrogens with one attached hydrogen (secondary N) is 2. The van der Waals surface area contributed by atoms with Crippen molar-refractivity contribution in [1.82, 2.24) is 10.2 Å². The van der Waals surface area contributed by atoms with Crippen molar-refractivity contribution in [1.29, 1.82) is 0 Å². The monoisotopic (exact) mass is 415 g/mol. The van der Waals surface area contributed by atoms with Gasteiger partial charge >= 0.3 is 6.09 Å². The Morgan fingerprint density at radius 2 is 2.16 bits per heavy atom. The molecule has 0 aromatic heterocycles. The summed E-state index contributed by atoms with van der Waals surface area (Å²) >= 11 is 3.27. The smallest absolute Gasteiger partial charge is 0.410 e. The highest BCUT2D eigenvalue weighted by atomic mass is 79.9. The number of nitrogens with zero attached hydrogens (tertiary/aromatic N) is 1. The lowest BCUT2D eigenvalue weighted by molar-refractivity contribution is -0.117. The summed E-state index contributed by atoms with van der Waals surface area (Å²) in [5.41, 5.74) is -0.178. The quantitative estimate of drug-likeness (QED) is 0.795. The normalized spacial score (nSPS) is 18.0. The van der Waals surface area contributed by atoms with Crippen LogP contribution in [0, 0.1) is 5.82 Å². The molecule has 2 N–H and O–H groups in total. The Bertz CT molecular complexity index is 649. The van der Waals surface area contributed by atoms with E-state index >= 15 is 0 Å². The minimum absolute atomic E-state index is 0.169. The average Bonchev–Trinajstić information content (AvgIpc) is 2.49. The molecule has 0 radical (unpaired) electrons. The van der Waals surface area contributed by atoms with Gasteiger partial charge in [0.1, 0.15) is 11.4 Å². The highest BCUT2D eigenvalue weighted by molar-refractivity contribution is 9.10. The second-order valence-corrected chi connectivity index (χ2v) is 7.81. The summed E-state index contributed by atoms with van der Waals surface area (Å²) in [6.45, 7) is 6.94. The number of halogens is 2. The van der Waals surface area contributed by atoms with Crippen molar-refractivity contribution in [3.8, 4) is 0 Å². The van der Waals surface area contributed by atoms with E-state index in [0.717, 1.165) is 0 Å². The molecule has 0 bridgehead atoms. The van der Waals surface area contributed by atoms with E-state index in [0.29, 0.717) is 29.8 Å². The van der Waals surface area contributed by atoms with Gasteiger partial charge in [-0.1, -0.05) is 0 Å². The molecule has 25 heavy (non-hydrogen) atoms. The Balaban J connectivity index is 1.90. The van der Waals surface area contributed by atoms with Crippen LogP contribution in [0.1, 0.15) is 27.2 Å². The van der Waals surface area contributed by atoms with Gasteiger partial charge in [0, 0.05) is 36.6 Å². The van der Waals surface area contributed by atoms with Gasteiger partial charge < -0.3 is 20.3 Å². The molecule has 0 aliphatic carbocycles. The van der Waals surface area contributed by atoms with Crippen LogP contribution in [0.25, 0.3) is 0 Å². The highest BCUT2D eigenvalue weighted by Gasteiger charge is 2.28. The van der Waals surface area contributed by atoms with Gasteiger partial charge in [-0.25, -0.2) is 9.18 Å². The number of carbonyl (C=O) groups excluding carboxylic acids is 2. The van der Waals surface area contributed by atoms with E-state index in [1.807, 2.05) is 20.8 Å². The number of hydrogen-bond donors (Lipinski definition) is 2. The second-order valence-electron chi connectivity index (χ2n) is 6.95. The maximum atomic E-state index is 13.3. The zero-order chi connectivity index (χ0) is 18.6. The van der Waals surface area contributed by atoms with Crippen molar-refractivity contribution in [2.24, 2.45) is 0 Å². The molecule has 2 amide bonds. The van der Waals surface area contributed by atoms with Crippen LogP contribution < -0.4 is 10.6 Å². The van der Waals surface area contributed by atoms with Crippen LogP contribution in [0.4, 0.5) is 14.9 Å². The molecule has 1 heterocycles. The van der Waals surface area contributed by atoms with Crippen LogP contribution >= 0.6 is 15.9 Å². The van der Waals surface area contributed by atoms with E-state index in [1.165, 1.54) is 18.2 Å². The van der Waals surface area contributed by atoms with E-state index in [9.17, 15) is 14.0 Å². The molecular formula is C17H23BrFN3O3. The largest absolute Gasteiger partial charge is 0.444 e. The van der Waals surface area contributed by atoms with Gasteiger partial charge in [-0.2, -0.15) is 0 Å². The molecule has 8 heteroatoms. The molecule has 1 saturated heterocycles. The molecule has 1 aromatic carbocycles. The molecule has 1 atom stereocenters. The highest BCUT2D eigenvalue weighted by Crippen LogP contribution is 2.23. The first-order chi connectivity index (χ1) is 11.6. The SMILES string of the molecule is CC(C)(C)OC(=O)N1CCNC(CC(=O)Nc2cc(F)ccc2Br)C1. The standard InChI is InChI=1S/C17H23BrFN3O3/c1-17(2,3)25-16(24)22-7-6-20-12(10-22)9-15(23)21-14-8-11(19)4-5-13(14)18/h4-5,8,12,20H,6-7,9-10H2,1-3H3,(H,21,23). The number of anilines is 1. The van der Waals surface area contributed by atoms with Gasteiger partial charge in [0.25, 0.3) is 0 Å². The lowest BCUT2D eigenvalue weighted by Crippen LogP contribution is -2.54. The van der Waals surface area contributed by atoms with Gasteiger partial charge in [-0.05, 0) is 54.9 Å². The van der Waals surface area contributed by atoms with Crippen LogP contribution in [0.5, 0.6) is 0 Å². The minimum Gasteiger partial charge on any atom is -0.444 e. The van der Waals surface area contributed by atoms with E-state index in [2.05, 4.69) is 26.6 Å². The number of ether oxygens (including phenoxy) is 1. The number of amides is 2. The van der Waals surface area contributed by atoms with Gasteiger partial charge in [-0.15, -0.1) is 0 Å². The van der Waals surface area contributed by atoms with Gasteiger partial charge in [-0.3, -0.25) is 4.79 Å². The third kappa shape index (κ3) is 6.28. The van der Waals surface area contributed by atoms with E-state index in [1.54, 1.807) is 4.90 Å². The first kappa shape index (κ1) is 19.7. The first-order valence-corrected chi connectivity index (χ1v) is 8.89. The van der Waals surface area contributed by atoms with Crippen molar-refractivity contribution in [3.63, 3.8) is 0 Å². The topological polar surface area (TPSA) is 70.7 Å². The molecule has 6 nitrogen and oxygen atoms in total. The van der Waals surface area contributed by atoms with Crippen LogP contribution in [-0.2, 0) is 9.53 Å². The van der Waals surface area contributed by atoms with Gasteiger partial charge in [0.2, 0.25) is 5.91 Å². The minimum atomic E-state index is -0.557. The first-order valence-electron chi connectivity index (χ1n) is 8.10. The summed E-state index contributed by atoms with van der Waals surface area (Å²) < 4.78 is 19.3. The summed E-state index contributed by atoms with van der Waals surface area (Å²) in [7, 11) is 0. The van der Waals surface area contributed by atoms with Crippen molar-refractivity contribution in [3.05, 3.63) is 28.5 Å². The Labute approximate surface area is 155 Å². The fourth-order valence-corrected chi connectivity index (χ4v) is 2.82. The summed E-state index contributed by atoms with van der Waals surface area (Å²) in [5.74, 6) is -0.680. The predicted octanol–water partition coefficient (Wildman–Crippen LogP) is 3.13. The number of hydrogen-bond acceptors (Lipinski definition) is 4. The molecule has 1 aliphatic rings. The van der Waals surface area contributed by atoms with Crippen molar-refractivity contribution < 1.29 is 18.7 Å². The van der Waals surface area contributed by atoms with Gasteiger partial charge in [0.05, 0.1) is 5.69 Å². The Morgan fingerprint density at radius 1 is 1.44 bits per heavy atom. The molecule has 138 valence electrons. The van der Waals surface area contributed by atoms with Gasteiger partial charge in [0.15, 0.2) is 0 Å². The summed E-state index contributed by atoms with van der Waals surface area (Å²) in [4.78, 5) is 26.0. The maximum absolute atomic E-state index is 13.3. The molecule has 2 rings (SSSR count). The van der Waals surface area contributed by atoms with E-state index in [4.69, 9.17) is 4.74 Å². The molecule has 1 unspecified atom stereocenters. The van der Waals surface area contributed by atoms with Crippen LogP contribution in [0.15, 0.2) is 22.7 Å². The van der Waals surface area contributed by atoms with Crippen molar-refractivity contribution in [2.45, 2.75) is 38.8 Å². The third-order valence-electron chi connectivity index (χ3n) is 3.54. The Hall–Kier alpha value is -1.67. The van der Waals surface area contributed by atoms with E-state index in [-0.39, 0.29) is 24.5 Å². The number of carbonyl (C=O) groups is 2. The fourth-order valence-electron chi connectivity index (χ4n) is 2.47. The Kier molecular flexibility index (Phi) is 6.40. The van der Waals surface area contributed by atoms with Crippen molar-refractivity contribution in [2.75, 3.05) is 25.0 Å². The van der Waals surface area contributed by atoms with Crippen LogP contribution in [0.2, 0.25) is 0 Å². The molecule has 1 fully saturated rings. The molecule has 1 aliphatic heterocycles. The number of benzene rings is 1. The molecule has 0 spiro atoms. The van der Waals surface area contributed by atoms with E-state index < -0.39 is 11.4 Å². The lowest BCUT2D eigenvalue weighted by atomic mass is 10.1. The lowest BCUT2D eigenvalue weighted by Gasteiger charge is -2.34. The average molecular weight is 416 g/mol. The number of rotatable bonds is 3. The maximum Gasteiger partial charge on any atom is 0.410 e. The zero-order valence-electron chi connectivity index (χ0n) is 14.6. The summed E-state index contributed by atoms with van der Waals surface area (Å²) in [5, 5.41) is 5.89. The van der Waals surface area contributed by atoms with Crippen LogP contribution in [-0.4, -0.2) is 48.2 Å². The van der Waals surface area contributed by atoms with Crippen LogP contribution in [0.3, 0.4) is 0 Å². The summed E-state index contributed by atoms with van der Waals surface area (Å²) in [6, 6.07) is 3.91. The zero-order valence-corrected chi connectivity index (χ0v) is 16.2. The number of piperazine rings is 1. The molecule has 0 saturated carbocycles. The second kappa shape index (κ2) is 8.14. The Morgan fingerprint density at radius 3 is 2.84 bits per heavy atom. The predicted molar refractivity (Wildman–Crippen MR) is 96.9 cm³/mol. The molecular weight excluding hydrogens is 393 g/mol. The molecule has 1 aromatic rings. The summed E-state index contributed by atoms with van der Waals surface area (Å²) in [6.07, 6.45) is -0.213. The fraction of sp³-hybridized carbons (Fsp3) is 0.529.